The van der Waals surface area contributed by atoms with Crippen LogP contribution in [0.4, 0.5) is 5.69 Å². The molecule has 0 saturated heterocycles. The maximum absolute atomic E-state index is 10.6. The Labute approximate surface area is 75.5 Å². The smallest absolute Gasteiger partial charge is 0.272 e. The van der Waals surface area contributed by atoms with Crippen LogP contribution < -0.4 is 5.73 Å². The van der Waals surface area contributed by atoms with E-state index in [1.807, 2.05) is 6.07 Å². The molecule has 0 saturated carbocycles. The third-order valence-electron chi connectivity index (χ3n) is 2.39. The van der Waals surface area contributed by atoms with Crippen LogP contribution >= 0.6 is 0 Å². The molecule has 0 fully saturated rings. The van der Waals surface area contributed by atoms with Gasteiger partial charge in [-0.3, -0.25) is 10.1 Å². The highest BCUT2D eigenvalue weighted by Crippen LogP contribution is 2.29. The molecule has 4 nitrogen and oxygen atoms in total. The molecule has 2 N–H and O–H groups in total. The molecular weight excluding hydrogens is 168 g/mol. The summed E-state index contributed by atoms with van der Waals surface area (Å²) in [5.41, 5.74) is 7.79. The summed E-state index contributed by atoms with van der Waals surface area (Å²) < 4.78 is 0. The van der Waals surface area contributed by atoms with Crippen LogP contribution in [0.25, 0.3) is 0 Å². The SMILES string of the molecule is NC1Cc2cccc([N+](=O)[O-])c2C1. The zero-order valence-electron chi connectivity index (χ0n) is 7.06. The first-order valence-electron chi connectivity index (χ1n) is 4.19. The second kappa shape index (κ2) is 2.81. The van der Waals surface area contributed by atoms with E-state index in [9.17, 15) is 10.1 Å². The minimum atomic E-state index is -0.336. The van der Waals surface area contributed by atoms with Crippen molar-refractivity contribution < 1.29 is 4.92 Å². The first kappa shape index (κ1) is 8.19. The van der Waals surface area contributed by atoms with Gasteiger partial charge in [-0.1, -0.05) is 12.1 Å². The molecular formula is C9H10N2O2. The van der Waals surface area contributed by atoms with Crippen LogP contribution in [0.5, 0.6) is 0 Å². The van der Waals surface area contributed by atoms with Gasteiger partial charge < -0.3 is 5.73 Å². The predicted molar refractivity (Wildman–Crippen MR) is 48.5 cm³/mol. The van der Waals surface area contributed by atoms with Crippen molar-refractivity contribution in [2.24, 2.45) is 5.73 Å². The number of hydrogen-bond donors (Lipinski definition) is 1. The van der Waals surface area contributed by atoms with Crippen molar-refractivity contribution >= 4 is 5.69 Å². The molecule has 1 atom stereocenters. The van der Waals surface area contributed by atoms with Crippen LogP contribution in [0, 0.1) is 10.1 Å². The molecule has 1 aliphatic rings. The quantitative estimate of drug-likeness (QED) is 0.515. The van der Waals surface area contributed by atoms with Crippen LogP contribution in [-0.4, -0.2) is 11.0 Å². The van der Waals surface area contributed by atoms with Gasteiger partial charge in [-0.05, 0) is 18.4 Å². The van der Waals surface area contributed by atoms with Gasteiger partial charge in [0.1, 0.15) is 0 Å². The second-order valence-electron chi connectivity index (χ2n) is 3.34. The minimum Gasteiger partial charge on any atom is -0.327 e. The molecule has 0 aliphatic heterocycles. The van der Waals surface area contributed by atoms with Gasteiger partial charge in [0.05, 0.1) is 4.92 Å². The maximum atomic E-state index is 10.6. The number of rotatable bonds is 1. The summed E-state index contributed by atoms with van der Waals surface area (Å²) in [5, 5.41) is 10.6. The third-order valence-corrected chi connectivity index (χ3v) is 2.39. The third kappa shape index (κ3) is 1.29. The van der Waals surface area contributed by atoms with E-state index in [0.29, 0.717) is 6.42 Å². The van der Waals surface area contributed by atoms with Crippen LogP contribution in [0.2, 0.25) is 0 Å². The van der Waals surface area contributed by atoms with Crippen molar-refractivity contribution in [2.45, 2.75) is 18.9 Å². The summed E-state index contributed by atoms with van der Waals surface area (Å²) in [6.07, 6.45) is 1.39. The van der Waals surface area contributed by atoms with E-state index in [2.05, 4.69) is 0 Å². The lowest BCUT2D eigenvalue weighted by molar-refractivity contribution is -0.385. The summed E-state index contributed by atoms with van der Waals surface area (Å²) in [7, 11) is 0. The second-order valence-corrected chi connectivity index (χ2v) is 3.34. The van der Waals surface area contributed by atoms with E-state index >= 15 is 0 Å². The normalized spacial score (nSPS) is 19.9. The molecule has 4 heteroatoms. The zero-order chi connectivity index (χ0) is 9.42. The van der Waals surface area contributed by atoms with Gasteiger partial charge in [0.25, 0.3) is 5.69 Å². The highest BCUT2D eigenvalue weighted by atomic mass is 16.6. The highest BCUT2D eigenvalue weighted by molar-refractivity contribution is 5.48. The van der Waals surface area contributed by atoms with Gasteiger partial charge >= 0.3 is 0 Å². The van der Waals surface area contributed by atoms with Crippen molar-refractivity contribution in [2.75, 3.05) is 0 Å². The lowest BCUT2D eigenvalue weighted by Gasteiger charge is -1.98. The van der Waals surface area contributed by atoms with E-state index in [1.165, 1.54) is 6.07 Å². The van der Waals surface area contributed by atoms with Crippen LogP contribution in [0.1, 0.15) is 11.1 Å². The van der Waals surface area contributed by atoms with Gasteiger partial charge in [-0.25, -0.2) is 0 Å². The molecule has 1 aliphatic carbocycles. The highest BCUT2D eigenvalue weighted by Gasteiger charge is 2.25. The Morgan fingerprint density at radius 3 is 2.92 bits per heavy atom. The fourth-order valence-corrected chi connectivity index (χ4v) is 1.84. The monoisotopic (exact) mass is 178 g/mol. The fraction of sp³-hybridized carbons (Fsp3) is 0.333. The lowest BCUT2D eigenvalue weighted by atomic mass is 10.1. The van der Waals surface area contributed by atoms with E-state index < -0.39 is 0 Å². The van der Waals surface area contributed by atoms with E-state index in [-0.39, 0.29) is 16.7 Å². The molecule has 2 rings (SSSR count). The lowest BCUT2D eigenvalue weighted by Crippen LogP contribution is -2.19. The first-order chi connectivity index (χ1) is 6.18. The number of nitrogens with two attached hydrogens (primary N) is 1. The average Bonchev–Trinajstić information content (AvgIpc) is 2.43. The number of benzene rings is 1. The topological polar surface area (TPSA) is 69.2 Å². The minimum absolute atomic E-state index is 0.0519. The van der Waals surface area contributed by atoms with E-state index in [0.717, 1.165) is 17.5 Å². The Morgan fingerprint density at radius 2 is 2.23 bits per heavy atom. The van der Waals surface area contributed by atoms with Gasteiger partial charge in [0, 0.05) is 17.7 Å². The molecule has 1 aromatic carbocycles. The number of nitrogens with zero attached hydrogens (tertiary/aromatic N) is 1. The molecule has 0 radical (unpaired) electrons. The predicted octanol–water partition coefficient (Wildman–Crippen LogP) is 1.02. The van der Waals surface area contributed by atoms with Crippen molar-refractivity contribution in [3.05, 3.63) is 39.4 Å². The molecule has 0 bridgehead atoms. The summed E-state index contributed by atoms with van der Waals surface area (Å²) >= 11 is 0. The van der Waals surface area contributed by atoms with Crippen molar-refractivity contribution in [1.29, 1.82) is 0 Å². The number of fused-ring (bicyclic) bond motifs is 1. The first-order valence-corrected chi connectivity index (χ1v) is 4.19. The Balaban J connectivity index is 2.51. The van der Waals surface area contributed by atoms with Crippen molar-refractivity contribution in [1.82, 2.24) is 0 Å². The van der Waals surface area contributed by atoms with Crippen LogP contribution in [0.3, 0.4) is 0 Å². The molecule has 1 unspecified atom stereocenters. The van der Waals surface area contributed by atoms with Gasteiger partial charge in [-0.15, -0.1) is 0 Å². The molecule has 0 spiro atoms. The molecule has 68 valence electrons. The number of nitro benzene ring substituents is 1. The van der Waals surface area contributed by atoms with Crippen LogP contribution in [-0.2, 0) is 12.8 Å². The Morgan fingerprint density at radius 1 is 1.46 bits per heavy atom. The molecule has 13 heavy (non-hydrogen) atoms. The number of hydrogen-bond acceptors (Lipinski definition) is 3. The molecule has 0 aromatic heterocycles. The van der Waals surface area contributed by atoms with E-state index in [4.69, 9.17) is 5.73 Å². The van der Waals surface area contributed by atoms with Gasteiger partial charge in [-0.2, -0.15) is 0 Å². The maximum Gasteiger partial charge on any atom is 0.272 e. The largest absolute Gasteiger partial charge is 0.327 e. The van der Waals surface area contributed by atoms with Crippen LogP contribution in [0.15, 0.2) is 18.2 Å². The summed E-state index contributed by atoms with van der Waals surface area (Å²) in [6.45, 7) is 0. The van der Waals surface area contributed by atoms with E-state index in [1.54, 1.807) is 6.07 Å². The van der Waals surface area contributed by atoms with Crippen molar-refractivity contribution in [3.63, 3.8) is 0 Å². The summed E-state index contributed by atoms with van der Waals surface area (Å²) in [5.74, 6) is 0. The molecule has 0 heterocycles. The Bertz CT molecular complexity index is 363. The van der Waals surface area contributed by atoms with Gasteiger partial charge in [0.15, 0.2) is 0 Å². The van der Waals surface area contributed by atoms with Gasteiger partial charge in [0.2, 0.25) is 0 Å². The Hall–Kier alpha value is -1.42. The molecule has 0 amide bonds. The Kier molecular flexibility index (Phi) is 1.77. The van der Waals surface area contributed by atoms with Crippen molar-refractivity contribution in [3.8, 4) is 0 Å². The summed E-state index contributed by atoms with van der Waals surface area (Å²) in [6, 6.07) is 5.22. The molecule has 1 aromatic rings. The zero-order valence-corrected chi connectivity index (χ0v) is 7.06. The number of nitro groups is 1. The fourth-order valence-electron chi connectivity index (χ4n) is 1.84. The average molecular weight is 178 g/mol. The summed E-state index contributed by atoms with van der Waals surface area (Å²) in [4.78, 5) is 10.3. The standard InChI is InChI=1S/C9H10N2O2/c10-7-4-6-2-1-3-9(11(12)13)8(6)5-7/h1-3,7H,4-5,10H2.